The molecular weight excluding hydrogens is 302 g/mol. The first-order valence-electron chi connectivity index (χ1n) is 8.21. The van der Waals surface area contributed by atoms with Crippen molar-refractivity contribution in [3.8, 4) is 16.3 Å². The van der Waals surface area contributed by atoms with Crippen LogP contribution >= 0.6 is 11.3 Å². The summed E-state index contributed by atoms with van der Waals surface area (Å²) in [6.45, 7) is 5.32. The van der Waals surface area contributed by atoms with Crippen molar-refractivity contribution in [3.63, 3.8) is 0 Å². The van der Waals surface area contributed by atoms with Crippen LogP contribution < -0.4 is 5.32 Å². The molecule has 4 heteroatoms. The standard InChI is InChI=1S/C19H21N3S/c1-13-8-9-16(14(2)12-13)22-19-15(6-3-4-10-20-19)18(21-22)17-7-5-11-23-17/h5,7-9,11-12,20H,3-4,6,10H2,1-2H3. The summed E-state index contributed by atoms with van der Waals surface area (Å²) in [5, 5.41) is 10.7. The Kier molecular flexibility index (Phi) is 3.69. The molecule has 0 amide bonds. The fourth-order valence-electron chi connectivity index (χ4n) is 3.33. The summed E-state index contributed by atoms with van der Waals surface area (Å²) in [6.07, 6.45) is 3.53. The van der Waals surface area contributed by atoms with Gasteiger partial charge in [-0.2, -0.15) is 5.10 Å². The summed E-state index contributed by atoms with van der Waals surface area (Å²) in [7, 11) is 0. The van der Waals surface area contributed by atoms with Gasteiger partial charge in [0.15, 0.2) is 0 Å². The monoisotopic (exact) mass is 323 g/mol. The molecule has 0 atom stereocenters. The van der Waals surface area contributed by atoms with E-state index < -0.39 is 0 Å². The van der Waals surface area contributed by atoms with Crippen molar-refractivity contribution >= 4 is 17.2 Å². The predicted molar refractivity (Wildman–Crippen MR) is 97.8 cm³/mol. The maximum absolute atomic E-state index is 5.00. The molecule has 3 nitrogen and oxygen atoms in total. The molecule has 1 N–H and O–H groups in total. The van der Waals surface area contributed by atoms with E-state index in [1.807, 2.05) is 0 Å². The zero-order valence-electron chi connectivity index (χ0n) is 13.6. The Labute approximate surface area is 141 Å². The van der Waals surface area contributed by atoms with Gasteiger partial charge in [-0.05, 0) is 56.2 Å². The van der Waals surface area contributed by atoms with Crippen LogP contribution in [-0.4, -0.2) is 16.3 Å². The molecule has 23 heavy (non-hydrogen) atoms. The highest BCUT2D eigenvalue weighted by Gasteiger charge is 2.22. The van der Waals surface area contributed by atoms with Crippen LogP contribution in [0.4, 0.5) is 5.82 Å². The smallest absolute Gasteiger partial charge is 0.133 e. The van der Waals surface area contributed by atoms with Gasteiger partial charge >= 0.3 is 0 Å². The Bertz CT molecular complexity index is 831. The van der Waals surface area contributed by atoms with Gasteiger partial charge in [0.2, 0.25) is 0 Å². The average molecular weight is 323 g/mol. The first-order chi connectivity index (χ1) is 11.2. The lowest BCUT2D eigenvalue weighted by molar-refractivity contribution is 0.780. The Hall–Kier alpha value is -2.07. The van der Waals surface area contributed by atoms with Crippen LogP contribution in [0.15, 0.2) is 35.7 Å². The second-order valence-corrected chi connectivity index (χ2v) is 7.19. The average Bonchev–Trinajstić information content (AvgIpc) is 3.10. The highest BCUT2D eigenvalue weighted by molar-refractivity contribution is 7.13. The minimum absolute atomic E-state index is 1.02. The number of nitrogens with zero attached hydrogens (tertiary/aromatic N) is 2. The van der Waals surface area contributed by atoms with Gasteiger partial charge in [0.05, 0.1) is 10.6 Å². The Morgan fingerprint density at radius 2 is 2.09 bits per heavy atom. The molecule has 4 rings (SSSR count). The Balaban J connectivity index is 1.93. The molecule has 0 saturated carbocycles. The molecular formula is C19H21N3S. The molecule has 0 aliphatic carbocycles. The van der Waals surface area contributed by atoms with E-state index >= 15 is 0 Å². The van der Waals surface area contributed by atoms with Crippen LogP contribution in [0.2, 0.25) is 0 Å². The van der Waals surface area contributed by atoms with Crippen molar-refractivity contribution in [2.45, 2.75) is 33.1 Å². The zero-order valence-corrected chi connectivity index (χ0v) is 14.4. The highest BCUT2D eigenvalue weighted by Crippen LogP contribution is 2.36. The number of thiophene rings is 1. The summed E-state index contributed by atoms with van der Waals surface area (Å²) >= 11 is 1.77. The van der Waals surface area contributed by atoms with E-state index in [-0.39, 0.29) is 0 Å². The second-order valence-electron chi connectivity index (χ2n) is 6.24. The van der Waals surface area contributed by atoms with E-state index in [1.54, 1.807) is 11.3 Å². The topological polar surface area (TPSA) is 29.9 Å². The third kappa shape index (κ3) is 2.57. The third-order valence-electron chi connectivity index (χ3n) is 4.46. The molecule has 0 fully saturated rings. The Morgan fingerprint density at radius 1 is 1.17 bits per heavy atom. The quantitative estimate of drug-likeness (QED) is 0.722. The van der Waals surface area contributed by atoms with Crippen LogP contribution in [-0.2, 0) is 6.42 Å². The summed E-state index contributed by atoms with van der Waals surface area (Å²) in [6, 6.07) is 10.8. The lowest BCUT2D eigenvalue weighted by Crippen LogP contribution is -2.08. The van der Waals surface area contributed by atoms with Crippen LogP contribution in [0.5, 0.6) is 0 Å². The lowest BCUT2D eigenvalue weighted by Gasteiger charge is -2.12. The molecule has 1 aliphatic heterocycles. The maximum Gasteiger partial charge on any atom is 0.133 e. The van der Waals surface area contributed by atoms with Crippen molar-refractivity contribution < 1.29 is 0 Å². The SMILES string of the molecule is Cc1ccc(-n2nc(-c3cccs3)c3c2NCCCC3)c(C)c1. The molecule has 0 bridgehead atoms. The molecule has 118 valence electrons. The fraction of sp³-hybridized carbons (Fsp3) is 0.316. The van der Waals surface area contributed by atoms with Crippen LogP contribution in [0.25, 0.3) is 16.3 Å². The van der Waals surface area contributed by atoms with E-state index in [1.165, 1.54) is 45.9 Å². The number of aryl methyl sites for hydroxylation is 2. The summed E-state index contributed by atoms with van der Waals surface area (Å²) < 4.78 is 2.12. The van der Waals surface area contributed by atoms with E-state index in [2.05, 4.69) is 59.6 Å². The van der Waals surface area contributed by atoms with Crippen molar-refractivity contribution in [2.24, 2.45) is 0 Å². The normalized spacial score (nSPS) is 14.2. The van der Waals surface area contributed by atoms with Gasteiger partial charge < -0.3 is 5.32 Å². The number of anilines is 1. The number of aromatic nitrogens is 2. The second kappa shape index (κ2) is 5.85. The minimum atomic E-state index is 1.02. The van der Waals surface area contributed by atoms with E-state index in [9.17, 15) is 0 Å². The van der Waals surface area contributed by atoms with Gasteiger partial charge in [0.25, 0.3) is 0 Å². The van der Waals surface area contributed by atoms with Crippen molar-refractivity contribution in [1.82, 2.24) is 9.78 Å². The molecule has 0 spiro atoms. The Morgan fingerprint density at radius 3 is 2.87 bits per heavy atom. The molecule has 0 saturated heterocycles. The highest BCUT2D eigenvalue weighted by atomic mass is 32.1. The lowest BCUT2D eigenvalue weighted by atomic mass is 10.1. The number of fused-ring (bicyclic) bond motifs is 1. The third-order valence-corrected chi connectivity index (χ3v) is 5.34. The number of rotatable bonds is 2. The molecule has 0 radical (unpaired) electrons. The van der Waals surface area contributed by atoms with Gasteiger partial charge in [0.1, 0.15) is 11.5 Å². The van der Waals surface area contributed by atoms with Crippen molar-refractivity contribution in [2.75, 3.05) is 11.9 Å². The number of hydrogen-bond donors (Lipinski definition) is 1. The zero-order chi connectivity index (χ0) is 15.8. The van der Waals surface area contributed by atoms with Crippen LogP contribution in [0, 0.1) is 13.8 Å². The van der Waals surface area contributed by atoms with Gasteiger partial charge in [0, 0.05) is 12.1 Å². The first kappa shape index (κ1) is 14.5. The number of nitrogens with one attached hydrogen (secondary N) is 1. The van der Waals surface area contributed by atoms with Crippen LogP contribution in [0.3, 0.4) is 0 Å². The van der Waals surface area contributed by atoms with Gasteiger partial charge in [-0.1, -0.05) is 23.8 Å². The number of benzene rings is 1. The van der Waals surface area contributed by atoms with Crippen molar-refractivity contribution in [3.05, 3.63) is 52.4 Å². The first-order valence-corrected chi connectivity index (χ1v) is 9.09. The molecule has 0 unspecified atom stereocenters. The van der Waals surface area contributed by atoms with Gasteiger partial charge in [-0.3, -0.25) is 0 Å². The molecule has 2 aromatic heterocycles. The molecule has 3 aromatic rings. The molecule has 1 aliphatic rings. The van der Waals surface area contributed by atoms with E-state index in [0.29, 0.717) is 0 Å². The predicted octanol–water partition coefficient (Wildman–Crippen LogP) is 4.97. The summed E-state index contributed by atoms with van der Waals surface area (Å²) in [5.41, 5.74) is 6.23. The van der Waals surface area contributed by atoms with Crippen molar-refractivity contribution in [1.29, 1.82) is 0 Å². The van der Waals surface area contributed by atoms with Gasteiger partial charge in [-0.25, -0.2) is 4.68 Å². The van der Waals surface area contributed by atoms with E-state index in [0.717, 1.165) is 18.7 Å². The summed E-state index contributed by atoms with van der Waals surface area (Å²) in [4.78, 5) is 1.26. The number of hydrogen-bond acceptors (Lipinski definition) is 3. The van der Waals surface area contributed by atoms with E-state index in [4.69, 9.17) is 5.10 Å². The van der Waals surface area contributed by atoms with Crippen LogP contribution in [0.1, 0.15) is 29.5 Å². The molecule has 1 aromatic carbocycles. The fourth-order valence-corrected chi connectivity index (χ4v) is 4.07. The molecule has 3 heterocycles. The largest absolute Gasteiger partial charge is 0.370 e. The summed E-state index contributed by atoms with van der Waals surface area (Å²) in [5.74, 6) is 1.18. The minimum Gasteiger partial charge on any atom is -0.370 e. The maximum atomic E-state index is 5.00. The van der Waals surface area contributed by atoms with Gasteiger partial charge in [-0.15, -0.1) is 11.3 Å².